The Kier molecular flexibility index (Phi) is 6.53. The second kappa shape index (κ2) is 9.07. The van der Waals surface area contributed by atoms with E-state index in [-0.39, 0.29) is 29.8 Å². The number of hydrogen-bond acceptors (Lipinski definition) is 6. The molecule has 1 aliphatic carbocycles. The number of fused-ring (bicyclic) bond motifs is 1. The van der Waals surface area contributed by atoms with Crippen LogP contribution in [0.2, 0.25) is 0 Å². The van der Waals surface area contributed by atoms with Gasteiger partial charge in [0, 0.05) is 17.4 Å². The molecule has 0 aliphatic heterocycles. The first-order chi connectivity index (χ1) is 13.5. The summed E-state index contributed by atoms with van der Waals surface area (Å²) in [6.45, 7) is -0.487. The third kappa shape index (κ3) is 4.63. The fourth-order valence-corrected chi connectivity index (χ4v) is 3.56. The monoisotopic (exact) mass is 390 g/mol. The van der Waals surface area contributed by atoms with Crippen LogP contribution in [0.1, 0.15) is 49.1 Å². The van der Waals surface area contributed by atoms with Gasteiger partial charge in [0.05, 0.1) is 6.61 Å². The number of nitrogens with two attached hydrogens (primary N) is 1. The van der Waals surface area contributed by atoms with Crippen molar-refractivity contribution in [2.24, 2.45) is 11.7 Å². The van der Waals surface area contributed by atoms with Crippen molar-refractivity contribution in [1.29, 1.82) is 0 Å². The first-order valence-electron chi connectivity index (χ1n) is 9.58. The summed E-state index contributed by atoms with van der Waals surface area (Å²) in [6.07, 6.45) is 4.86. The van der Waals surface area contributed by atoms with Crippen LogP contribution < -0.4 is 15.8 Å². The summed E-state index contributed by atoms with van der Waals surface area (Å²) in [4.78, 5) is 24.6. The summed E-state index contributed by atoms with van der Waals surface area (Å²) in [5.74, 6) is 0.257. The number of aliphatic hydroxyl groups is 2. The number of nitrogens with one attached hydrogen (secondary N) is 1. The maximum atomic E-state index is 13.1. The molecule has 0 radical (unpaired) electrons. The summed E-state index contributed by atoms with van der Waals surface area (Å²) in [5, 5.41) is 21.4. The quantitative estimate of drug-likeness (QED) is 0.424. The van der Waals surface area contributed by atoms with Gasteiger partial charge in [-0.25, -0.2) is 4.79 Å². The first-order valence-corrected chi connectivity index (χ1v) is 9.58. The van der Waals surface area contributed by atoms with Crippen LogP contribution in [0.4, 0.5) is 10.5 Å². The third-order valence-corrected chi connectivity index (χ3v) is 5.01. The molecule has 152 valence electrons. The van der Waals surface area contributed by atoms with Gasteiger partial charge < -0.3 is 30.4 Å². The molecule has 1 saturated carbocycles. The Labute approximate surface area is 162 Å². The van der Waals surface area contributed by atoms with Crippen molar-refractivity contribution < 1.29 is 29.0 Å². The number of amides is 2. The Morgan fingerprint density at radius 2 is 1.96 bits per heavy atom. The number of Topliss-reactive ketones (excluding diaryl/α,β-unsaturated/α-hetero) is 1. The number of furan rings is 1. The molecule has 2 amide bonds. The van der Waals surface area contributed by atoms with E-state index in [1.807, 2.05) is 0 Å². The van der Waals surface area contributed by atoms with Gasteiger partial charge >= 0.3 is 6.03 Å². The van der Waals surface area contributed by atoms with Crippen molar-refractivity contribution >= 4 is 28.5 Å². The molecule has 28 heavy (non-hydrogen) atoms. The molecule has 1 aromatic heterocycles. The molecule has 0 saturated heterocycles. The van der Waals surface area contributed by atoms with Crippen molar-refractivity contribution in [3.8, 4) is 5.75 Å². The third-order valence-electron chi connectivity index (χ3n) is 5.01. The number of urea groups is 1. The highest BCUT2D eigenvalue weighted by Gasteiger charge is 2.29. The zero-order valence-corrected chi connectivity index (χ0v) is 15.6. The lowest BCUT2D eigenvalue weighted by molar-refractivity contribution is 0.0536. The molecular formula is C20H26N2O6. The number of benzene rings is 1. The van der Waals surface area contributed by atoms with Crippen LogP contribution in [0, 0.1) is 5.92 Å². The van der Waals surface area contributed by atoms with Crippen LogP contribution in [0.25, 0.3) is 11.0 Å². The largest absolute Gasteiger partial charge is 0.491 e. The van der Waals surface area contributed by atoms with Crippen LogP contribution in [0.3, 0.4) is 0 Å². The molecule has 8 heteroatoms. The van der Waals surface area contributed by atoms with E-state index in [0.29, 0.717) is 16.7 Å². The van der Waals surface area contributed by atoms with E-state index in [2.05, 4.69) is 5.32 Å². The molecule has 2 aromatic rings. The number of rotatable bonds is 7. The zero-order valence-electron chi connectivity index (χ0n) is 15.6. The van der Waals surface area contributed by atoms with Crippen LogP contribution in [0.15, 0.2) is 22.6 Å². The lowest BCUT2D eigenvalue weighted by atomic mass is 9.93. The predicted molar refractivity (Wildman–Crippen MR) is 104 cm³/mol. The van der Waals surface area contributed by atoms with Crippen LogP contribution in [-0.4, -0.2) is 41.3 Å². The Bertz CT molecular complexity index is 839. The van der Waals surface area contributed by atoms with Gasteiger partial charge in [-0.05, 0) is 25.0 Å². The highest BCUT2D eigenvalue weighted by Crippen LogP contribution is 2.36. The average Bonchev–Trinajstić information content (AvgIpc) is 2.86. The number of carbonyl (C=O) groups is 2. The van der Waals surface area contributed by atoms with E-state index >= 15 is 0 Å². The minimum Gasteiger partial charge on any atom is -0.491 e. The normalized spacial score (nSPS) is 16.5. The van der Waals surface area contributed by atoms with Gasteiger partial charge in [-0.1, -0.05) is 25.7 Å². The van der Waals surface area contributed by atoms with E-state index in [4.69, 9.17) is 20.0 Å². The van der Waals surface area contributed by atoms with E-state index in [1.165, 1.54) is 0 Å². The summed E-state index contributed by atoms with van der Waals surface area (Å²) in [7, 11) is 0. The lowest BCUT2D eigenvalue weighted by Crippen LogP contribution is -2.22. The van der Waals surface area contributed by atoms with Crippen LogP contribution in [-0.2, 0) is 0 Å². The number of hydrogen-bond donors (Lipinski definition) is 4. The second-order valence-electron chi connectivity index (χ2n) is 7.15. The predicted octanol–water partition coefficient (Wildman–Crippen LogP) is 2.81. The van der Waals surface area contributed by atoms with Crippen molar-refractivity contribution in [3.63, 3.8) is 0 Å². The summed E-state index contributed by atoms with van der Waals surface area (Å²) >= 11 is 0. The molecule has 8 nitrogen and oxygen atoms in total. The number of primary amides is 1. The maximum absolute atomic E-state index is 13.1. The van der Waals surface area contributed by atoms with Crippen molar-refractivity contribution in [3.05, 3.63) is 24.0 Å². The van der Waals surface area contributed by atoms with Gasteiger partial charge in [0.1, 0.15) is 29.7 Å². The van der Waals surface area contributed by atoms with E-state index in [0.717, 1.165) is 38.5 Å². The van der Waals surface area contributed by atoms with Crippen LogP contribution >= 0.6 is 0 Å². The fourth-order valence-electron chi connectivity index (χ4n) is 3.56. The lowest BCUT2D eigenvalue weighted by Gasteiger charge is -2.12. The Morgan fingerprint density at radius 1 is 1.25 bits per heavy atom. The van der Waals surface area contributed by atoms with Crippen molar-refractivity contribution in [2.75, 3.05) is 18.5 Å². The molecule has 1 aromatic carbocycles. The summed E-state index contributed by atoms with van der Waals surface area (Å²) in [6, 6.07) is 4.10. The molecule has 1 heterocycles. The SMILES string of the molecule is NC(=O)Nc1c(C(=O)C2CCCCCC2)oc2cc(OCC(O)CO)ccc12. The average molecular weight is 390 g/mol. The summed E-state index contributed by atoms with van der Waals surface area (Å²) in [5.41, 5.74) is 5.94. The van der Waals surface area contributed by atoms with Gasteiger partial charge in [-0.15, -0.1) is 0 Å². The molecular weight excluding hydrogens is 364 g/mol. The van der Waals surface area contributed by atoms with E-state index < -0.39 is 18.7 Å². The van der Waals surface area contributed by atoms with Gasteiger partial charge in [0.2, 0.25) is 5.78 Å². The van der Waals surface area contributed by atoms with Gasteiger partial charge in [-0.2, -0.15) is 0 Å². The van der Waals surface area contributed by atoms with Crippen molar-refractivity contribution in [1.82, 2.24) is 0 Å². The minimum absolute atomic E-state index is 0.0804. The van der Waals surface area contributed by atoms with Gasteiger partial charge in [0.15, 0.2) is 5.76 Å². The fraction of sp³-hybridized carbons (Fsp3) is 0.500. The second-order valence-corrected chi connectivity index (χ2v) is 7.15. The molecule has 0 bridgehead atoms. The van der Waals surface area contributed by atoms with Gasteiger partial charge in [0.25, 0.3) is 0 Å². The molecule has 1 unspecified atom stereocenters. The van der Waals surface area contributed by atoms with Gasteiger partial charge in [-0.3, -0.25) is 4.79 Å². The molecule has 1 atom stereocenters. The Balaban J connectivity index is 1.93. The molecule has 1 aliphatic rings. The Hall–Kier alpha value is -2.58. The standard InChI is InChI=1S/C20H26N2O6/c21-20(26)22-17-15-8-7-14(27-11-13(24)10-23)9-16(15)28-19(17)18(25)12-5-3-1-2-4-6-12/h7-9,12-13,23-24H,1-6,10-11H2,(H3,21,22,26). The first kappa shape index (κ1) is 20.2. The maximum Gasteiger partial charge on any atom is 0.316 e. The molecule has 0 spiro atoms. The number of aliphatic hydroxyl groups excluding tert-OH is 2. The molecule has 5 N–H and O–H groups in total. The topological polar surface area (TPSA) is 135 Å². The minimum atomic E-state index is -0.994. The molecule has 1 fully saturated rings. The summed E-state index contributed by atoms with van der Waals surface area (Å²) < 4.78 is 11.2. The van der Waals surface area contributed by atoms with E-state index in [1.54, 1.807) is 18.2 Å². The molecule has 3 rings (SSSR count). The van der Waals surface area contributed by atoms with Crippen molar-refractivity contribution in [2.45, 2.75) is 44.6 Å². The number of ether oxygens (including phenoxy) is 1. The van der Waals surface area contributed by atoms with Crippen LogP contribution in [0.5, 0.6) is 5.75 Å². The zero-order chi connectivity index (χ0) is 20.1. The number of anilines is 1. The Morgan fingerprint density at radius 3 is 2.61 bits per heavy atom. The number of carbonyl (C=O) groups excluding carboxylic acids is 2. The smallest absolute Gasteiger partial charge is 0.316 e. The number of ketones is 1. The highest BCUT2D eigenvalue weighted by molar-refractivity contribution is 6.11. The van der Waals surface area contributed by atoms with E-state index in [9.17, 15) is 14.7 Å². The highest BCUT2D eigenvalue weighted by atomic mass is 16.5.